The number of benzene rings is 1. The number of fused-ring (bicyclic) bond motifs is 1. The van der Waals surface area contributed by atoms with Crippen LogP contribution in [0.4, 0.5) is 0 Å². The summed E-state index contributed by atoms with van der Waals surface area (Å²) in [6.07, 6.45) is 0. The third-order valence-corrected chi connectivity index (χ3v) is 4.94. The topological polar surface area (TPSA) is 84.2 Å². The number of aryl methyl sites for hydroxylation is 2. The van der Waals surface area contributed by atoms with Crippen LogP contribution in [0.15, 0.2) is 35.5 Å². The van der Waals surface area contributed by atoms with E-state index in [2.05, 4.69) is 25.7 Å². The molecule has 0 unspecified atom stereocenters. The summed E-state index contributed by atoms with van der Waals surface area (Å²) in [5, 5.41) is 11.3. The average Bonchev–Trinajstić information content (AvgIpc) is 3.07. The normalized spacial score (nSPS) is 10.7. The molecule has 0 aliphatic carbocycles. The molecule has 2 heterocycles. The Hall–Kier alpha value is -2.16. The number of aromatic nitrogens is 4. The summed E-state index contributed by atoms with van der Waals surface area (Å²) in [7, 11) is 0. The smallest absolute Gasteiger partial charge is 0.253 e. The van der Waals surface area contributed by atoms with Gasteiger partial charge in [0.05, 0.1) is 0 Å². The summed E-state index contributed by atoms with van der Waals surface area (Å²) in [5.74, 6) is 1.16. The number of amides is 1. The predicted molar refractivity (Wildman–Crippen MR) is 114 cm³/mol. The van der Waals surface area contributed by atoms with Crippen LogP contribution in [-0.4, -0.2) is 45.1 Å². The second kappa shape index (κ2) is 10.4. The van der Waals surface area contributed by atoms with Crippen LogP contribution in [0.3, 0.4) is 0 Å². The second-order valence-corrected chi connectivity index (χ2v) is 7.14. The molecular formula is C19H25ClN6OS. The van der Waals surface area contributed by atoms with E-state index in [0.717, 1.165) is 30.0 Å². The average molecular weight is 421 g/mol. The van der Waals surface area contributed by atoms with E-state index in [1.54, 1.807) is 4.52 Å². The van der Waals surface area contributed by atoms with Crippen molar-refractivity contribution in [1.29, 1.82) is 0 Å². The van der Waals surface area contributed by atoms with Crippen molar-refractivity contribution >= 4 is 35.9 Å². The van der Waals surface area contributed by atoms with E-state index in [1.807, 2.05) is 51.1 Å². The molecule has 0 aliphatic heterocycles. The first-order valence-electron chi connectivity index (χ1n) is 8.99. The fraction of sp³-hybridized carbons (Fsp3) is 0.368. The number of halogens is 1. The first-order chi connectivity index (χ1) is 13.1. The van der Waals surface area contributed by atoms with E-state index in [0.29, 0.717) is 28.8 Å². The summed E-state index contributed by atoms with van der Waals surface area (Å²) in [6.45, 7) is 8.22. The number of hydrogen-bond donors (Lipinski definition) is 2. The van der Waals surface area contributed by atoms with E-state index in [9.17, 15) is 4.79 Å². The van der Waals surface area contributed by atoms with Gasteiger partial charge in [0.1, 0.15) is 0 Å². The third-order valence-electron chi connectivity index (χ3n) is 4.05. The van der Waals surface area contributed by atoms with Crippen molar-refractivity contribution in [2.45, 2.75) is 31.7 Å². The van der Waals surface area contributed by atoms with Gasteiger partial charge in [0.25, 0.3) is 11.7 Å². The van der Waals surface area contributed by atoms with Gasteiger partial charge in [0, 0.05) is 35.8 Å². The van der Waals surface area contributed by atoms with Gasteiger partial charge in [-0.2, -0.15) is 4.98 Å². The summed E-state index contributed by atoms with van der Waals surface area (Å²) in [4.78, 5) is 21.4. The van der Waals surface area contributed by atoms with Crippen LogP contribution >= 0.6 is 24.2 Å². The van der Waals surface area contributed by atoms with Gasteiger partial charge in [-0.3, -0.25) is 4.79 Å². The molecule has 2 aromatic heterocycles. The van der Waals surface area contributed by atoms with Gasteiger partial charge in [-0.1, -0.05) is 36.9 Å². The molecule has 1 amide bonds. The van der Waals surface area contributed by atoms with Crippen molar-refractivity contribution in [3.05, 3.63) is 52.8 Å². The Balaban J connectivity index is 0.00000280. The molecule has 1 aromatic carbocycles. The highest BCUT2D eigenvalue weighted by Crippen LogP contribution is 2.22. The van der Waals surface area contributed by atoms with E-state index in [4.69, 9.17) is 0 Å². The van der Waals surface area contributed by atoms with Crippen molar-refractivity contribution in [3.63, 3.8) is 0 Å². The molecule has 0 saturated carbocycles. The molecule has 0 bridgehead atoms. The number of nitrogens with zero attached hydrogens (tertiary/aromatic N) is 4. The van der Waals surface area contributed by atoms with Crippen LogP contribution in [0.1, 0.15) is 34.2 Å². The third kappa shape index (κ3) is 5.43. The number of likely N-dealkylation sites (N-methyl/N-ethyl adjacent to an activating group) is 1. The predicted octanol–water partition coefficient (Wildman–Crippen LogP) is 2.79. The lowest BCUT2D eigenvalue weighted by molar-refractivity contribution is 0.0953. The zero-order valence-corrected chi connectivity index (χ0v) is 17.9. The van der Waals surface area contributed by atoms with E-state index >= 15 is 0 Å². The van der Waals surface area contributed by atoms with Crippen molar-refractivity contribution in [2.75, 3.05) is 19.6 Å². The summed E-state index contributed by atoms with van der Waals surface area (Å²) >= 11 is 1.50. The molecular weight excluding hydrogens is 396 g/mol. The summed E-state index contributed by atoms with van der Waals surface area (Å²) in [5.41, 5.74) is 3.57. The molecule has 0 saturated heterocycles. The minimum absolute atomic E-state index is 0. The maximum atomic E-state index is 12.5. The monoisotopic (exact) mass is 420 g/mol. The molecule has 0 radical (unpaired) electrons. The van der Waals surface area contributed by atoms with Crippen LogP contribution in [0, 0.1) is 13.8 Å². The van der Waals surface area contributed by atoms with Gasteiger partial charge in [-0.25, -0.2) is 9.50 Å². The fourth-order valence-corrected chi connectivity index (χ4v) is 3.58. The Morgan fingerprint density at radius 2 is 1.96 bits per heavy atom. The largest absolute Gasteiger partial charge is 0.351 e. The molecule has 0 atom stereocenters. The van der Waals surface area contributed by atoms with Crippen molar-refractivity contribution in [3.8, 4) is 0 Å². The van der Waals surface area contributed by atoms with Crippen molar-refractivity contribution in [1.82, 2.24) is 30.2 Å². The minimum Gasteiger partial charge on any atom is -0.351 e. The standard InChI is InChI=1S/C19H24N6OS.ClH/c1-4-20-9-10-21-17(26)16-8-6-5-7-15(16)12-27-19-23-18-22-13(2)11-14(3)25(18)24-19;/h5-8,11,20H,4,9-10,12H2,1-3H3,(H,21,26);1H. The molecule has 9 heteroatoms. The summed E-state index contributed by atoms with van der Waals surface area (Å²) < 4.78 is 1.74. The van der Waals surface area contributed by atoms with E-state index < -0.39 is 0 Å². The number of thioether (sulfide) groups is 1. The number of rotatable bonds is 8. The van der Waals surface area contributed by atoms with Crippen LogP contribution < -0.4 is 10.6 Å². The zero-order valence-electron chi connectivity index (χ0n) is 16.2. The van der Waals surface area contributed by atoms with Crippen molar-refractivity contribution in [2.24, 2.45) is 0 Å². The molecule has 7 nitrogen and oxygen atoms in total. The highest BCUT2D eigenvalue weighted by molar-refractivity contribution is 7.98. The first kappa shape index (κ1) is 22.1. The number of carbonyl (C=O) groups is 1. The maximum Gasteiger partial charge on any atom is 0.253 e. The molecule has 2 N–H and O–H groups in total. The highest BCUT2D eigenvalue weighted by atomic mass is 35.5. The van der Waals surface area contributed by atoms with Crippen molar-refractivity contribution < 1.29 is 4.79 Å². The Labute approximate surface area is 175 Å². The van der Waals surface area contributed by atoms with Gasteiger partial charge in [-0.05, 0) is 38.1 Å². The SMILES string of the molecule is CCNCCNC(=O)c1ccccc1CSc1nc2nc(C)cc(C)n2n1.Cl. The minimum atomic E-state index is -0.0554. The van der Waals surface area contributed by atoms with Crippen LogP contribution in [0.5, 0.6) is 0 Å². The van der Waals surface area contributed by atoms with Gasteiger partial charge >= 0.3 is 0 Å². The molecule has 150 valence electrons. The number of nitrogens with one attached hydrogen (secondary N) is 2. The Morgan fingerprint density at radius 3 is 2.75 bits per heavy atom. The van der Waals surface area contributed by atoms with E-state index in [1.165, 1.54) is 11.8 Å². The zero-order chi connectivity index (χ0) is 19.2. The first-order valence-corrected chi connectivity index (χ1v) is 9.97. The van der Waals surface area contributed by atoms with E-state index in [-0.39, 0.29) is 18.3 Å². The van der Waals surface area contributed by atoms with Crippen LogP contribution in [0.25, 0.3) is 5.78 Å². The quantitative estimate of drug-likeness (QED) is 0.430. The Kier molecular flexibility index (Phi) is 8.22. The lowest BCUT2D eigenvalue weighted by Crippen LogP contribution is -2.32. The van der Waals surface area contributed by atoms with Gasteiger partial charge in [-0.15, -0.1) is 17.5 Å². The molecule has 28 heavy (non-hydrogen) atoms. The van der Waals surface area contributed by atoms with Crippen LogP contribution in [-0.2, 0) is 5.75 Å². The highest BCUT2D eigenvalue weighted by Gasteiger charge is 2.13. The molecule has 3 aromatic rings. The Morgan fingerprint density at radius 1 is 1.18 bits per heavy atom. The number of hydrogen-bond acceptors (Lipinski definition) is 6. The van der Waals surface area contributed by atoms with Gasteiger partial charge in [0.2, 0.25) is 5.16 Å². The van der Waals surface area contributed by atoms with Crippen LogP contribution in [0.2, 0.25) is 0 Å². The maximum absolute atomic E-state index is 12.5. The Bertz CT molecular complexity index is 945. The molecule has 0 aliphatic rings. The summed E-state index contributed by atoms with van der Waals surface area (Å²) in [6, 6.07) is 9.62. The van der Waals surface area contributed by atoms with Gasteiger partial charge < -0.3 is 10.6 Å². The second-order valence-electron chi connectivity index (χ2n) is 6.20. The molecule has 0 spiro atoms. The molecule has 3 rings (SSSR count). The fourth-order valence-electron chi connectivity index (χ4n) is 2.76. The van der Waals surface area contributed by atoms with Gasteiger partial charge in [0.15, 0.2) is 0 Å². The number of carbonyl (C=O) groups excluding carboxylic acids is 1. The lowest BCUT2D eigenvalue weighted by Gasteiger charge is -2.09. The lowest BCUT2D eigenvalue weighted by atomic mass is 10.1. The molecule has 0 fully saturated rings.